The van der Waals surface area contributed by atoms with Gasteiger partial charge in [-0.2, -0.15) is 13.2 Å². The SMILES string of the molecule is CC(C)(C)c1cccc(Oc2ccc(OCC=C(Cl)Cl)c(C(F)(F)F)c2)c1. The second-order valence-electron chi connectivity index (χ2n) is 6.84. The Labute approximate surface area is 166 Å². The summed E-state index contributed by atoms with van der Waals surface area (Å²) in [4.78, 5) is 0. The van der Waals surface area contributed by atoms with Crippen LogP contribution in [-0.4, -0.2) is 6.61 Å². The van der Waals surface area contributed by atoms with Gasteiger partial charge in [-0.05, 0) is 47.4 Å². The van der Waals surface area contributed by atoms with Gasteiger partial charge in [0.05, 0.1) is 0 Å². The summed E-state index contributed by atoms with van der Waals surface area (Å²) in [5.41, 5.74) is -0.0300. The molecule has 0 aliphatic carbocycles. The molecular weight excluding hydrogens is 400 g/mol. The third-order valence-corrected chi connectivity index (χ3v) is 3.98. The van der Waals surface area contributed by atoms with Crippen molar-refractivity contribution in [3.63, 3.8) is 0 Å². The van der Waals surface area contributed by atoms with Crippen molar-refractivity contribution in [2.45, 2.75) is 32.4 Å². The van der Waals surface area contributed by atoms with Crippen molar-refractivity contribution in [1.82, 2.24) is 0 Å². The van der Waals surface area contributed by atoms with Gasteiger partial charge >= 0.3 is 6.18 Å². The molecule has 0 heterocycles. The average Bonchev–Trinajstić information content (AvgIpc) is 2.54. The number of ether oxygens (including phenoxy) is 2. The average molecular weight is 419 g/mol. The Bertz CT molecular complexity index is 821. The molecule has 0 radical (unpaired) electrons. The van der Waals surface area contributed by atoms with E-state index < -0.39 is 11.7 Å². The summed E-state index contributed by atoms with van der Waals surface area (Å²) in [6.45, 7) is 5.95. The molecule has 0 amide bonds. The van der Waals surface area contributed by atoms with E-state index in [9.17, 15) is 13.2 Å². The predicted octanol–water partition coefficient (Wildman–Crippen LogP) is 7.49. The molecule has 0 bridgehead atoms. The van der Waals surface area contributed by atoms with Crippen LogP contribution in [0, 0.1) is 0 Å². The molecule has 0 fully saturated rings. The van der Waals surface area contributed by atoms with Crippen molar-refractivity contribution in [3.05, 3.63) is 64.2 Å². The number of hydrogen-bond acceptors (Lipinski definition) is 2. The highest BCUT2D eigenvalue weighted by Gasteiger charge is 2.35. The molecule has 146 valence electrons. The third-order valence-electron chi connectivity index (χ3n) is 3.67. The molecule has 7 heteroatoms. The second kappa shape index (κ2) is 8.44. The van der Waals surface area contributed by atoms with Crippen molar-refractivity contribution in [3.8, 4) is 17.2 Å². The highest BCUT2D eigenvalue weighted by Crippen LogP contribution is 2.39. The molecule has 0 aromatic heterocycles. The maximum Gasteiger partial charge on any atom is 0.420 e. The lowest BCUT2D eigenvalue weighted by molar-refractivity contribution is -0.138. The normalized spacial score (nSPS) is 11.9. The van der Waals surface area contributed by atoms with Crippen LogP contribution in [0.15, 0.2) is 53.0 Å². The second-order valence-corrected chi connectivity index (χ2v) is 7.85. The Morgan fingerprint density at radius 2 is 1.67 bits per heavy atom. The molecule has 2 rings (SSSR count). The monoisotopic (exact) mass is 418 g/mol. The zero-order valence-corrected chi connectivity index (χ0v) is 16.5. The number of benzene rings is 2. The van der Waals surface area contributed by atoms with Crippen LogP contribution in [0.5, 0.6) is 17.2 Å². The minimum Gasteiger partial charge on any atom is -0.489 e. The Balaban J connectivity index is 2.30. The summed E-state index contributed by atoms with van der Waals surface area (Å²) >= 11 is 10.9. The van der Waals surface area contributed by atoms with Crippen LogP contribution in [0.4, 0.5) is 13.2 Å². The van der Waals surface area contributed by atoms with E-state index in [-0.39, 0.29) is 28.0 Å². The topological polar surface area (TPSA) is 18.5 Å². The molecule has 27 heavy (non-hydrogen) atoms. The van der Waals surface area contributed by atoms with Gasteiger partial charge in [0.2, 0.25) is 0 Å². The lowest BCUT2D eigenvalue weighted by Gasteiger charge is -2.20. The molecular formula is C20H19Cl2F3O2. The van der Waals surface area contributed by atoms with Crippen molar-refractivity contribution in [2.75, 3.05) is 6.61 Å². The molecule has 0 saturated carbocycles. The van der Waals surface area contributed by atoms with E-state index in [1.807, 2.05) is 32.9 Å². The minimum absolute atomic E-state index is 0.0617. The summed E-state index contributed by atoms with van der Waals surface area (Å²) in [5, 5.41) is 0. The van der Waals surface area contributed by atoms with Crippen molar-refractivity contribution >= 4 is 23.2 Å². The quantitative estimate of drug-likeness (QED) is 0.500. The zero-order valence-electron chi connectivity index (χ0n) is 15.0. The number of rotatable bonds is 5. The summed E-state index contributed by atoms with van der Waals surface area (Å²) in [6, 6.07) is 10.8. The largest absolute Gasteiger partial charge is 0.489 e. The summed E-state index contributed by atoms with van der Waals surface area (Å²) < 4.78 is 50.8. The van der Waals surface area contributed by atoms with Gasteiger partial charge in [0.1, 0.15) is 33.9 Å². The number of alkyl halides is 3. The van der Waals surface area contributed by atoms with Crippen LogP contribution in [-0.2, 0) is 11.6 Å². The first-order valence-electron chi connectivity index (χ1n) is 8.10. The first-order valence-corrected chi connectivity index (χ1v) is 8.86. The lowest BCUT2D eigenvalue weighted by atomic mass is 9.87. The fraction of sp³-hybridized carbons (Fsp3) is 0.300. The van der Waals surface area contributed by atoms with E-state index in [4.69, 9.17) is 32.7 Å². The fourth-order valence-electron chi connectivity index (χ4n) is 2.28. The fourth-order valence-corrected chi connectivity index (χ4v) is 2.40. The van der Waals surface area contributed by atoms with E-state index in [0.717, 1.165) is 11.6 Å². The summed E-state index contributed by atoms with van der Waals surface area (Å²) in [5.74, 6) is 0.192. The van der Waals surface area contributed by atoms with Crippen molar-refractivity contribution in [2.24, 2.45) is 0 Å². The molecule has 0 unspecified atom stereocenters. The molecule has 0 N–H and O–H groups in total. The Hall–Kier alpha value is -1.85. The van der Waals surface area contributed by atoms with Crippen LogP contribution in [0.1, 0.15) is 31.9 Å². The Morgan fingerprint density at radius 3 is 2.26 bits per heavy atom. The Kier molecular flexibility index (Phi) is 6.71. The highest BCUT2D eigenvalue weighted by molar-refractivity contribution is 6.55. The Morgan fingerprint density at radius 1 is 1.00 bits per heavy atom. The van der Waals surface area contributed by atoms with E-state index in [1.54, 1.807) is 12.1 Å². The van der Waals surface area contributed by atoms with Crippen LogP contribution in [0.25, 0.3) is 0 Å². The van der Waals surface area contributed by atoms with E-state index in [1.165, 1.54) is 18.2 Å². The molecule has 2 aromatic rings. The highest BCUT2D eigenvalue weighted by atomic mass is 35.5. The van der Waals surface area contributed by atoms with Gasteiger partial charge in [-0.1, -0.05) is 56.1 Å². The van der Waals surface area contributed by atoms with Crippen LogP contribution in [0.3, 0.4) is 0 Å². The van der Waals surface area contributed by atoms with Crippen LogP contribution < -0.4 is 9.47 Å². The van der Waals surface area contributed by atoms with Gasteiger partial charge in [-0.25, -0.2) is 0 Å². The minimum atomic E-state index is -4.60. The third kappa shape index (κ3) is 6.36. The molecule has 2 nitrogen and oxygen atoms in total. The first-order chi connectivity index (χ1) is 12.5. The van der Waals surface area contributed by atoms with Crippen LogP contribution >= 0.6 is 23.2 Å². The summed E-state index contributed by atoms with van der Waals surface area (Å²) in [6.07, 6.45) is -3.35. The molecule has 2 aromatic carbocycles. The zero-order chi connectivity index (χ0) is 20.2. The number of hydrogen-bond donors (Lipinski definition) is 0. The van der Waals surface area contributed by atoms with Gasteiger partial charge in [-0.15, -0.1) is 0 Å². The van der Waals surface area contributed by atoms with Gasteiger partial charge in [-0.3, -0.25) is 0 Å². The lowest BCUT2D eigenvalue weighted by Crippen LogP contribution is -2.11. The number of halogens is 5. The first kappa shape index (κ1) is 21.5. The predicted molar refractivity (Wildman–Crippen MR) is 102 cm³/mol. The van der Waals surface area contributed by atoms with E-state index >= 15 is 0 Å². The van der Waals surface area contributed by atoms with Crippen molar-refractivity contribution < 1.29 is 22.6 Å². The molecule has 0 atom stereocenters. The molecule has 0 aliphatic heterocycles. The van der Waals surface area contributed by atoms with Gasteiger partial charge < -0.3 is 9.47 Å². The van der Waals surface area contributed by atoms with Gasteiger partial charge in [0.25, 0.3) is 0 Å². The van der Waals surface area contributed by atoms with Crippen molar-refractivity contribution in [1.29, 1.82) is 0 Å². The maximum atomic E-state index is 13.4. The molecule has 0 saturated heterocycles. The van der Waals surface area contributed by atoms with Gasteiger partial charge in [0.15, 0.2) is 0 Å². The smallest absolute Gasteiger partial charge is 0.420 e. The van der Waals surface area contributed by atoms with Crippen LogP contribution in [0.2, 0.25) is 0 Å². The molecule has 0 spiro atoms. The maximum absolute atomic E-state index is 13.4. The standard InChI is InChI=1S/C20H19Cl2F3O2/c1-19(2,3)13-5-4-6-14(11-13)27-15-7-8-17(26-10-9-18(21)22)16(12-15)20(23,24)25/h4-9,11-12H,10H2,1-3H3. The van der Waals surface area contributed by atoms with E-state index in [0.29, 0.717) is 5.75 Å². The summed E-state index contributed by atoms with van der Waals surface area (Å²) in [7, 11) is 0. The molecule has 0 aliphatic rings. The van der Waals surface area contributed by atoms with Gasteiger partial charge in [0, 0.05) is 0 Å². The van der Waals surface area contributed by atoms with E-state index in [2.05, 4.69) is 0 Å².